The molecule has 0 aromatic heterocycles. The van der Waals surface area contributed by atoms with Crippen LogP contribution in [0.1, 0.15) is 46.5 Å². The minimum Gasteiger partial charge on any atom is -0.460 e. The summed E-state index contributed by atoms with van der Waals surface area (Å²) in [5, 5.41) is 0. The molecule has 0 saturated heterocycles. The van der Waals surface area contributed by atoms with Crippen LogP contribution in [0.5, 0.6) is 0 Å². The van der Waals surface area contributed by atoms with E-state index in [0.717, 1.165) is 25.7 Å². The van der Waals surface area contributed by atoms with Crippen molar-refractivity contribution in [2.24, 2.45) is 11.7 Å². The van der Waals surface area contributed by atoms with Crippen LogP contribution in [-0.2, 0) is 9.53 Å². The Balaban J connectivity index is 0.00000196. The van der Waals surface area contributed by atoms with Gasteiger partial charge in [-0.1, -0.05) is 6.42 Å². The molecule has 4 heteroatoms. The molecule has 0 radical (unpaired) electrons. The van der Waals surface area contributed by atoms with Crippen molar-refractivity contribution in [1.82, 2.24) is 0 Å². The normalized spacial score (nSPS) is 26.7. The first-order chi connectivity index (χ1) is 6.38. The van der Waals surface area contributed by atoms with Crippen molar-refractivity contribution >= 4 is 18.4 Å². The van der Waals surface area contributed by atoms with E-state index in [1.807, 2.05) is 20.8 Å². The number of nitrogens with two attached hydrogens (primary N) is 1. The molecule has 90 valence electrons. The highest BCUT2D eigenvalue weighted by Gasteiger charge is 2.29. The first-order valence-corrected chi connectivity index (χ1v) is 5.37. The summed E-state index contributed by atoms with van der Waals surface area (Å²) in [6.07, 6.45) is 3.81. The summed E-state index contributed by atoms with van der Waals surface area (Å²) < 4.78 is 5.33. The number of rotatable bonds is 1. The summed E-state index contributed by atoms with van der Waals surface area (Å²) in [4.78, 5) is 11.7. The SMILES string of the molecule is CC(C)(C)OC(=O)C1CCCC(N)C1.Cl. The molecule has 0 aromatic carbocycles. The molecule has 0 aromatic rings. The molecular formula is C11H22ClNO2. The third-order valence-corrected chi connectivity index (χ3v) is 2.45. The molecule has 0 spiro atoms. The highest BCUT2D eigenvalue weighted by molar-refractivity contribution is 5.85. The van der Waals surface area contributed by atoms with E-state index < -0.39 is 0 Å². The van der Waals surface area contributed by atoms with Gasteiger partial charge in [-0.25, -0.2) is 0 Å². The maximum Gasteiger partial charge on any atom is 0.309 e. The molecule has 2 N–H and O–H groups in total. The predicted octanol–water partition coefficient (Wildman–Crippen LogP) is 2.27. The minimum absolute atomic E-state index is 0. The first kappa shape index (κ1) is 14.7. The van der Waals surface area contributed by atoms with E-state index in [2.05, 4.69) is 0 Å². The molecule has 0 amide bonds. The molecule has 3 nitrogen and oxygen atoms in total. The van der Waals surface area contributed by atoms with E-state index in [-0.39, 0.29) is 35.9 Å². The number of hydrogen-bond donors (Lipinski definition) is 1. The second kappa shape index (κ2) is 5.71. The third-order valence-electron chi connectivity index (χ3n) is 2.45. The second-order valence-electron chi connectivity index (χ2n) is 5.16. The van der Waals surface area contributed by atoms with Gasteiger partial charge >= 0.3 is 5.97 Å². The van der Waals surface area contributed by atoms with Crippen LogP contribution < -0.4 is 5.73 Å². The fraction of sp³-hybridized carbons (Fsp3) is 0.909. The lowest BCUT2D eigenvalue weighted by molar-refractivity contribution is -0.161. The van der Waals surface area contributed by atoms with Crippen molar-refractivity contribution in [3.05, 3.63) is 0 Å². The van der Waals surface area contributed by atoms with Crippen molar-refractivity contribution < 1.29 is 9.53 Å². The molecule has 1 aliphatic rings. The van der Waals surface area contributed by atoms with Gasteiger partial charge in [-0.2, -0.15) is 0 Å². The topological polar surface area (TPSA) is 52.3 Å². The molecule has 1 saturated carbocycles. The quantitative estimate of drug-likeness (QED) is 0.710. The van der Waals surface area contributed by atoms with Crippen LogP contribution in [-0.4, -0.2) is 17.6 Å². The fourth-order valence-corrected chi connectivity index (χ4v) is 1.83. The largest absolute Gasteiger partial charge is 0.460 e. The highest BCUT2D eigenvalue weighted by atomic mass is 35.5. The lowest BCUT2D eigenvalue weighted by Crippen LogP contribution is -2.35. The summed E-state index contributed by atoms with van der Waals surface area (Å²) in [5.74, 6) is -0.0503. The van der Waals surface area contributed by atoms with Crippen LogP contribution in [0.25, 0.3) is 0 Å². The number of carbonyl (C=O) groups is 1. The molecule has 1 fully saturated rings. The Morgan fingerprint density at radius 1 is 1.33 bits per heavy atom. The van der Waals surface area contributed by atoms with Crippen molar-refractivity contribution in [2.45, 2.75) is 58.1 Å². The number of esters is 1. The summed E-state index contributed by atoms with van der Waals surface area (Å²) in [5.41, 5.74) is 5.44. The van der Waals surface area contributed by atoms with Crippen molar-refractivity contribution in [1.29, 1.82) is 0 Å². The number of carbonyl (C=O) groups excluding carboxylic acids is 1. The van der Waals surface area contributed by atoms with Gasteiger partial charge in [-0.05, 0) is 40.0 Å². The van der Waals surface area contributed by atoms with Crippen LogP contribution in [0, 0.1) is 5.92 Å². The summed E-state index contributed by atoms with van der Waals surface area (Å²) >= 11 is 0. The number of halogens is 1. The Morgan fingerprint density at radius 3 is 2.40 bits per heavy atom. The van der Waals surface area contributed by atoms with Gasteiger partial charge in [0.15, 0.2) is 0 Å². The molecular weight excluding hydrogens is 214 g/mol. The van der Waals surface area contributed by atoms with Crippen molar-refractivity contribution in [2.75, 3.05) is 0 Å². The zero-order valence-electron chi connectivity index (χ0n) is 9.79. The van der Waals surface area contributed by atoms with Crippen LogP contribution in [0.15, 0.2) is 0 Å². The monoisotopic (exact) mass is 235 g/mol. The number of ether oxygens (including phenoxy) is 1. The predicted molar refractivity (Wildman–Crippen MR) is 63.0 cm³/mol. The molecule has 15 heavy (non-hydrogen) atoms. The highest BCUT2D eigenvalue weighted by Crippen LogP contribution is 2.25. The van der Waals surface area contributed by atoms with Crippen LogP contribution in [0.4, 0.5) is 0 Å². The van der Waals surface area contributed by atoms with Crippen molar-refractivity contribution in [3.8, 4) is 0 Å². The molecule has 0 aliphatic heterocycles. The fourth-order valence-electron chi connectivity index (χ4n) is 1.83. The van der Waals surface area contributed by atoms with Crippen molar-refractivity contribution in [3.63, 3.8) is 0 Å². The first-order valence-electron chi connectivity index (χ1n) is 5.37. The lowest BCUT2D eigenvalue weighted by Gasteiger charge is -2.28. The van der Waals surface area contributed by atoms with E-state index in [9.17, 15) is 4.79 Å². The van der Waals surface area contributed by atoms with E-state index in [4.69, 9.17) is 10.5 Å². The van der Waals surface area contributed by atoms with Gasteiger partial charge in [0.25, 0.3) is 0 Å². The number of hydrogen-bond acceptors (Lipinski definition) is 3. The Hall–Kier alpha value is -0.280. The van der Waals surface area contributed by atoms with Gasteiger partial charge in [0.2, 0.25) is 0 Å². The Morgan fingerprint density at radius 2 is 1.93 bits per heavy atom. The minimum atomic E-state index is -0.376. The Kier molecular flexibility index (Phi) is 5.60. The van der Waals surface area contributed by atoms with E-state index in [0.29, 0.717) is 0 Å². The molecule has 2 atom stereocenters. The molecule has 2 unspecified atom stereocenters. The second-order valence-corrected chi connectivity index (χ2v) is 5.16. The Bertz CT molecular complexity index is 213. The molecule has 0 heterocycles. The summed E-state index contributed by atoms with van der Waals surface area (Å²) in [7, 11) is 0. The zero-order chi connectivity index (χ0) is 10.8. The van der Waals surface area contributed by atoms with Gasteiger partial charge in [0, 0.05) is 6.04 Å². The molecule has 0 bridgehead atoms. The van der Waals surface area contributed by atoms with Gasteiger partial charge < -0.3 is 10.5 Å². The van der Waals surface area contributed by atoms with E-state index >= 15 is 0 Å². The smallest absolute Gasteiger partial charge is 0.309 e. The van der Waals surface area contributed by atoms with Crippen LogP contribution >= 0.6 is 12.4 Å². The van der Waals surface area contributed by atoms with Gasteiger partial charge in [0.05, 0.1) is 5.92 Å². The van der Waals surface area contributed by atoms with Crippen LogP contribution in [0.3, 0.4) is 0 Å². The van der Waals surface area contributed by atoms with Crippen LogP contribution in [0.2, 0.25) is 0 Å². The van der Waals surface area contributed by atoms with E-state index in [1.165, 1.54) is 0 Å². The third kappa shape index (κ3) is 5.38. The Labute approximate surface area is 98.2 Å². The van der Waals surface area contributed by atoms with E-state index in [1.54, 1.807) is 0 Å². The van der Waals surface area contributed by atoms with Gasteiger partial charge in [-0.3, -0.25) is 4.79 Å². The summed E-state index contributed by atoms with van der Waals surface area (Å²) in [6, 6.07) is 0.182. The summed E-state index contributed by atoms with van der Waals surface area (Å²) in [6.45, 7) is 5.69. The van der Waals surface area contributed by atoms with Gasteiger partial charge in [-0.15, -0.1) is 12.4 Å². The average molecular weight is 236 g/mol. The molecule has 1 aliphatic carbocycles. The average Bonchev–Trinajstić information content (AvgIpc) is 2.01. The maximum atomic E-state index is 11.7. The lowest BCUT2D eigenvalue weighted by atomic mass is 9.86. The maximum absolute atomic E-state index is 11.7. The molecule has 1 rings (SSSR count). The van der Waals surface area contributed by atoms with Gasteiger partial charge in [0.1, 0.15) is 5.60 Å². The standard InChI is InChI=1S/C11H21NO2.ClH/c1-11(2,3)14-10(13)8-5-4-6-9(12)7-8;/h8-9H,4-7,12H2,1-3H3;1H. The zero-order valence-corrected chi connectivity index (χ0v) is 10.6.